The molecule has 0 N–H and O–H groups in total. The molecule has 0 saturated carbocycles. The van der Waals surface area contributed by atoms with Crippen molar-refractivity contribution in [2.45, 2.75) is 45.1 Å². The van der Waals surface area contributed by atoms with Gasteiger partial charge in [0.15, 0.2) is 17.3 Å². The summed E-state index contributed by atoms with van der Waals surface area (Å²) in [6, 6.07) is 20.8. The number of hydrogen-bond donors (Lipinski definition) is 0. The molecule has 0 spiro atoms. The van der Waals surface area contributed by atoms with Gasteiger partial charge < -0.3 is 14.0 Å². The largest absolute Gasteiger partial charge is 0.454 e. The Kier molecular flexibility index (Phi) is 7.23. The number of aryl methyl sites for hydroxylation is 1. The van der Waals surface area contributed by atoms with Crippen molar-refractivity contribution < 1.29 is 14.3 Å². The van der Waals surface area contributed by atoms with Gasteiger partial charge in [-0.1, -0.05) is 55.7 Å². The van der Waals surface area contributed by atoms with Crippen LogP contribution in [0.4, 0.5) is 0 Å². The quantitative estimate of drug-likeness (QED) is 0.175. The lowest BCUT2D eigenvalue weighted by Crippen LogP contribution is -2.00. The minimum absolute atomic E-state index is 0.180. The number of aromatic nitrogens is 2. The lowest BCUT2D eigenvalue weighted by molar-refractivity contribution is -0.114. The molecule has 0 saturated heterocycles. The molecule has 0 radical (unpaired) electrons. The van der Waals surface area contributed by atoms with Crippen LogP contribution in [0.1, 0.15) is 44.1 Å². The Morgan fingerprint density at radius 3 is 2.54 bits per heavy atom. The smallest absolute Gasteiger partial charge is 0.231 e. The Labute approximate surface area is 206 Å². The number of rotatable bonds is 11. The van der Waals surface area contributed by atoms with Crippen molar-refractivity contribution in [3.8, 4) is 22.8 Å². The summed E-state index contributed by atoms with van der Waals surface area (Å²) in [5.41, 5.74) is 4.57. The van der Waals surface area contributed by atoms with Crippen LogP contribution in [-0.2, 0) is 11.3 Å². The van der Waals surface area contributed by atoms with Crippen molar-refractivity contribution >= 4 is 22.8 Å². The standard InChI is InChI=1S/C30H30N2O3/c33-26(15-14-23-10-9-16-31-21-23)13-7-2-1-3-8-17-32-27(24-11-5-4-6-12-24)18-25-19-29-30(20-28(25)32)35-22-34-29/h4-6,9-12,14-16,18-21H,1-3,7-8,13,17,22H2/b15-14+. The Morgan fingerprint density at radius 2 is 1.71 bits per heavy atom. The van der Waals surface area contributed by atoms with Crippen molar-refractivity contribution in [3.63, 3.8) is 0 Å². The van der Waals surface area contributed by atoms with Crippen LogP contribution in [0.15, 0.2) is 79.1 Å². The first kappa shape index (κ1) is 22.9. The van der Waals surface area contributed by atoms with Crippen LogP contribution in [0.5, 0.6) is 11.5 Å². The van der Waals surface area contributed by atoms with Crippen LogP contribution >= 0.6 is 0 Å². The number of fused-ring (bicyclic) bond motifs is 2. The molecule has 0 amide bonds. The lowest BCUT2D eigenvalue weighted by Gasteiger charge is -2.11. The van der Waals surface area contributed by atoms with E-state index in [0.29, 0.717) is 6.42 Å². The van der Waals surface area contributed by atoms with Gasteiger partial charge in [0.2, 0.25) is 6.79 Å². The van der Waals surface area contributed by atoms with E-state index in [0.717, 1.165) is 55.7 Å². The predicted molar refractivity (Wildman–Crippen MR) is 139 cm³/mol. The van der Waals surface area contributed by atoms with E-state index in [1.807, 2.05) is 24.3 Å². The van der Waals surface area contributed by atoms with Crippen LogP contribution in [0.2, 0.25) is 0 Å². The van der Waals surface area contributed by atoms with Crippen molar-refractivity contribution in [3.05, 3.63) is 84.7 Å². The molecule has 35 heavy (non-hydrogen) atoms. The fourth-order valence-corrected chi connectivity index (χ4v) is 4.59. The van der Waals surface area contributed by atoms with Gasteiger partial charge in [-0.05, 0) is 54.3 Å². The molecule has 0 bridgehead atoms. The molecule has 1 aliphatic heterocycles. The number of ketones is 1. The van der Waals surface area contributed by atoms with Gasteiger partial charge >= 0.3 is 0 Å². The van der Waals surface area contributed by atoms with Crippen LogP contribution in [-0.4, -0.2) is 22.1 Å². The van der Waals surface area contributed by atoms with E-state index in [9.17, 15) is 4.79 Å². The van der Waals surface area contributed by atoms with Gasteiger partial charge in [-0.15, -0.1) is 0 Å². The highest BCUT2D eigenvalue weighted by molar-refractivity contribution is 5.93. The van der Waals surface area contributed by atoms with E-state index in [1.54, 1.807) is 18.5 Å². The van der Waals surface area contributed by atoms with Crippen LogP contribution < -0.4 is 9.47 Å². The third-order valence-electron chi connectivity index (χ3n) is 6.42. The molecule has 3 heterocycles. The highest BCUT2D eigenvalue weighted by Gasteiger charge is 2.18. The van der Waals surface area contributed by atoms with Crippen molar-refractivity contribution in [1.29, 1.82) is 0 Å². The number of nitrogens with zero attached hydrogens (tertiary/aromatic N) is 2. The summed E-state index contributed by atoms with van der Waals surface area (Å²) >= 11 is 0. The maximum atomic E-state index is 12.1. The maximum absolute atomic E-state index is 12.1. The zero-order valence-electron chi connectivity index (χ0n) is 19.9. The first-order valence-corrected chi connectivity index (χ1v) is 12.4. The second kappa shape index (κ2) is 11.0. The summed E-state index contributed by atoms with van der Waals surface area (Å²) in [6.45, 7) is 1.23. The van der Waals surface area contributed by atoms with E-state index in [1.165, 1.54) is 22.2 Å². The highest BCUT2D eigenvalue weighted by atomic mass is 16.7. The van der Waals surface area contributed by atoms with E-state index < -0.39 is 0 Å². The van der Waals surface area contributed by atoms with Crippen molar-refractivity contribution in [1.82, 2.24) is 9.55 Å². The Hall–Kier alpha value is -3.86. The minimum Gasteiger partial charge on any atom is -0.454 e. The molecule has 0 fully saturated rings. The number of ether oxygens (including phenoxy) is 2. The fourth-order valence-electron chi connectivity index (χ4n) is 4.59. The molecule has 5 heteroatoms. The summed E-state index contributed by atoms with van der Waals surface area (Å²) in [5.74, 6) is 1.82. The molecular formula is C30H30N2O3. The zero-order chi connectivity index (χ0) is 23.9. The number of hydrogen-bond acceptors (Lipinski definition) is 4. The number of unbranched alkanes of at least 4 members (excludes halogenated alkanes) is 4. The normalized spacial score (nSPS) is 12.6. The average molecular weight is 467 g/mol. The van der Waals surface area contributed by atoms with E-state index in [-0.39, 0.29) is 12.6 Å². The number of benzene rings is 2. The predicted octanol–water partition coefficient (Wildman–Crippen LogP) is 7.06. The topological polar surface area (TPSA) is 53.4 Å². The van der Waals surface area contributed by atoms with Gasteiger partial charge in [-0.25, -0.2) is 0 Å². The summed E-state index contributed by atoms with van der Waals surface area (Å²) in [7, 11) is 0. The molecule has 1 aliphatic rings. The third kappa shape index (κ3) is 5.62. The molecule has 0 unspecified atom stereocenters. The highest BCUT2D eigenvalue weighted by Crippen LogP contribution is 2.39. The third-order valence-corrected chi connectivity index (χ3v) is 6.42. The molecule has 0 atom stereocenters. The molecule has 2 aromatic carbocycles. The molecule has 178 valence electrons. The summed E-state index contributed by atoms with van der Waals surface area (Å²) in [4.78, 5) is 16.2. The van der Waals surface area contributed by atoms with Gasteiger partial charge in [-0.3, -0.25) is 9.78 Å². The molecule has 5 rings (SSSR count). The summed E-state index contributed by atoms with van der Waals surface area (Å²) in [6.07, 6.45) is 13.0. The molecule has 0 aliphatic carbocycles. The van der Waals surface area contributed by atoms with Crippen molar-refractivity contribution in [2.75, 3.05) is 6.79 Å². The van der Waals surface area contributed by atoms with E-state index in [2.05, 4.69) is 52.0 Å². The Bertz CT molecular complexity index is 1310. The first-order chi connectivity index (χ1) is 17.3. The molecule has 5 nitrogen and oxygen atoms in total. The average Bonchev–Trinajstić information content (AvgIpc) is 3.50. The minimum atomic E-state index is 0.180. The summed E-state index contributed by atoms with van der Waals surface area (Å²) in [5, 5.41) is 1.17. The Balaban J connectivity index is 1.14. The lowest BCUT2D eigenvalue weighted by atomic mass is 10.1. The molecular weight excluding hydrogens is 436 g/mol. The SMILES string of the molecule is O=C(/C=C/c1cccnc1)CCCCCCCn1c(-c2ccccc2)cc2cc3c(cc21)OCO3. The number of allylic oxidation sites excluding steroid dienone is 1. The molecule has 2 aromatic heterocycles. The second-order valence-electron chi connectivity index (χ2n) is 8.92. The monoisotopic (exact) mass is 466 g/mol. The second-order valence-corrected chi connectivity index (χ2v) is 8.92. The van der Waals surface area contributed by atoms with E-state index in [4.69, 9.17) is 9.47 Å². The van der Waals surface area contributed by atoms with Gasteiger partial charge in [0.25, 0.3) is 0 Å². The van der Waals surface area contributed by atoms with Gasteiger partial charge in [-0.2, -0.15) is 0 Å². The van der Waals surface area contributed by atoms with Crippen molar-refractivity contribution in [2.24, 2.45) is 0 Å². The number of carbonyl (C=O) groups excluding carboxylic acids is 1. The zero-order valence-corrected chi connectivity index (χ0v) is 19.9. The Morgan fingerprint density at radius 1 is 0.914 bits per heavy atom. The van der Waals surface area contributed by atoms with Crippen LogP contribution in [0.3, 0.4) is 0 Å². The fraction of sp³-hybridized carbons (Fsp3) is 0.267. The summed E-state index contributed by atoms with van der Waals surface area (Å²) < 4.78 is 13.6. The van der Waals surface area contributed by atoms with Crippen LogP contribution in [0.25, 0.3) is 28.2 Å². The number of pyridine rings is 1. The molecule has 4 aromatic rings. The number of carbonyl (C=O) groups is 1. The van der Waals surface area contributed by atoms with Gasteiger partial charge in [0, 0.05) is 42.5 Å². The van der Waals surface area contributed by atoms with Gasteiger partial charge in [0.1, 0.15) is 0 Å². The first-order valence-electron chi connectivity index (χ1n) is 12.4. The van der Waals surface area contributed by atoms with E-state index >= 15 is 0 Å². The maximum Gasteiger partial charge on any atom is 0.231 e. The van der Waals surface area contributed by atoms with Gasteiger partial charge in [0.05, 0.1) is 5.52 Å². The van der Waals surface area contributed by atoms with Crippen LogP contribution in [0, 0.1) is 0 Å².